The van der Waals surface area contributed by atoms with E-state index in [0.717, 1.165) is 43.0 Å². The molecule has 28 heavy (non-hydrogen) atoms. The number of carbonyl (C=O) groups is 1. The van der Waals surface area contributed by atoms with Gasteiger partial charge in [-0.25, -0.2) is 14.5 Å². The van der Waals surface area contributed by atoms with Crippen LogP contribution in [0.15, 0.2) is 55.0 Å². The van der Waals surface area contributed by atoms with Gasteiger partial charge >= 0.3 is 6.03 Å². The van der Waals surface area contributed by atoms with Gasteiger partial charge in [-0.05, 0) is 56.0 Å². The lowest BCUT2D eigenvalue weighted by molar-refractivity contribution is 0.248. The Bertz CT molecular complexity index is 875. The third kappa shape index (κ3) is 5.39. The van der Waals surface area contributed by atoms with Gasteiger partial charge < -0.3 is 10.6 Å². The average Bonchev–Trinajstić information content (AvgIpc) is 3.17. The molecule has 0 fully saturated rings. The Morgan fingerprint density at radius 2 is 1.93 bits per heavy atom. The van der Waals surface area contributed by atoms with E-state index in [2.05, 4.69) is 32.6 Å². The van der Waals surface area contributed by atoms with Crippen molar-refractivity contribution < 1.29 is 4.79 Å². The molecule has 3 aromatic rings. The van der Waals surface area contributed by atoms with Gasteiger partial charge in [0.25, 0.3) is 0 Å². The molecule has 0 aliphatic rings. The molecule has 2 heterocycles. The van der Waals surface area contributed by atoms with Crippen molar-refractivity contribution in [3.8, 4) is 0 Å². The van der Waals surface area contributed by atoms with E-state index in [1.807, 2.05) is 60.3 Å². The summed E-state index contributed by atoms with van der Waals surface area (Å²) in [7, 11) is 0. The number of carbonyl (C=O) groups excluding carboxylic acids is 1. The van der Waals surface area contributed by atoms with Crippen LogP contribution in [-0.4, -0.2) is 25.8 Å². The summed E-state index contributed by atoms with van der Waals surface area (Å²) in [5.74, 6) is 0.752. The molecule has 0 saturated heterocycles. The number of nitrogens with zero attached hydrogens (tertiary/aromatic N) is 4. The average molecular weight is 378 g/mol. The van der Waals surface area contributed by atoms with Crippen LogP contribution < -0.4 is 10.6 Å². The van der Waals surface area contributed by atoms with E-state index < -0.39 is 0 Å². The van der Waals surface area contributed by atoms with Crippen LogP contribution in [0.4, 0.5) is 10.5 Å². The Hall–Kier alpha value is -3.22. The molecular formula is C21H26N6O. The highest BCUT2D eigenvalue weighted by Crippen LogP contribution is 2.13. The van der Waals surface area contributed by atoms with Crippen LogP contribution in [-0.2, 0) is 19.4 Å². The summed E-state index contributed by atoms with van der Waals surface area (Å²) in [6.07, 6.45) is 6.09. The number of benzene rings is 1. The highest BCUT2D eigenvalue weighted by molar-refractivity contribution is 5.89. The summed E-state index contributed by atoms with van der Waals surface area (Å²) in [5, 5.41) is 9.97. The van der Waals surface area contributed by atoms with E-state index in [9.17, 15) is 4.79 Å². The number of anilines is 1. The maximum absolute atomic E-state index is 12.3. The van der Waals surface area contributed by atoms with Gasteiger partial charge in [-0.1, -0.05) is 25.1 Å². The summed E-state index contributed by atoms with van der Waals surface area (Å²) in [5.41, 5.74) is 3.04. The van der Waals surface area contributed by atoms with Crippen molar-refractivity contribution in [2.75, 3.05) is 5.32 Å². The van der Waals surface area contributed by atoms with Crippen LogP contribution in [0, 0.1) is 0 Å². The number of hydrogen-bond donors (Lipinski definition) is 2. The van der Waals surface area contributed by atoms with Crippen LogP contribution in [0.3, 0.4) is 0 Å². The van der Waals surface area contributed by atoms with Gasteiger partial charge in [-0.2, -0.15) is 5.10 Å². The summed E-state index contributed by atoms with van der Waals surface area (Å²) in [6, 6.07) is 13.3. The lowest BCUT2D eigenvalue weighted by Gasteiger charge is -2.15. The molecule has 146 valence electrons. The maximum Gasteiger partial charge on any atom is 0.319 e. The predicted octanol–water partition coefficient (Wildman–Crippen LogP) is 3.75. The minimum Gasteiger partial charge on any atom is -0.328 e. The van der Waals surface area contributed by atoms with Crippen molar-refractivity contribution in [3.63, 3.8) is 0 Å². The Morgan fingerprint density at radius 3 is 2.64 bits per heavy atom. The fraction of sp³-hybridized carbons (Fsp3) is 0.333. The first kappa shape index (κ1) is 19.5. The molecule has 2 amide bonds. The van der Waals surface area contributed by atoms with E-state index in [1.165, 1.54) is 11.9 Å². The number of amides is 2. The molecule has 0 aliphatic carbocycles. The molecule has 1 unspecified atom stereocenters. The van der Waals surface area contributed by atoms with Crippen LogP contribution >= 0.6 is 0 Å². The summed E-state index contributed by atoms with van der Waals surface area (Å²) in [6.45, 7) is 4.76. The molecule has 0 aliphatic heterocycles. The van der Waals surface area contributed by atoms with Crippen molar-refractivity contribution in [2.45, 2.75) is 45.7 Å². The number of aryl methyl sites for hydroxylation is 3. The molecule has 0 saturated carbocycles. The van der Waals surface area contributed by atoms with Crippen LogP contribution in [0.2, 0.25) is 0 Å². The van der Waals surface area contributed by atoms with Gasteiger partial charge in [0, 0.05) is 24.1 Å². The normalized spacial score (nSPS) is 11.8. The molecule has 7 heteroatoms. The number of hydrogen-bond acceptors (Lipinski definition) is 4. The minimum absolute atomic E-state index is 0.230. The topological polar surface area (TPSA) is 84.7 Å². The molecule has 0 spiro atoms. The zero-order valence-electron chi connectivity index (χ0n) is 16.3. The largest absolute Gasteiger partial charge is 0.328 e. The molecule has 2 aromatic heterocycles. The SMILES string of the molecule is CCCn1ncnc1C(C)NC(=O)Nc1ccc(CCc2ccccn2)cc1. The summed E-state index contributed by atoms with van der Waals surface area (Å²) < 4.78 is 1.82. The third-order valence-corrected chi connectivity index (χ3v) is 4.42. The molecular weight excluding hydrogens is 352 g/mol. The Morgan fingerprint density at radius 1 is 1.11 bits per heavy atom. The number of rotatable bonds is 8. The second kappa shape index (κ2) is 9.64. The monoisotopic (exact) mass is 378 g/mol. The highest BCUT2D eigenvalue weighted by atomic mass is 16.2. The van der Waals surface area contributed by atoms with Gasteiger partial charge in [-0.3, -0.25) is 4.98 Å². The van der Waals surface area contributed by atoms with Crippen LogP contribution in [0.5, 0.6) is 0 Å². The van der Waals surface area contributed by atoms with E-state index in [4.69, 9.17) is 0 Å². The predicted molar refractivity (Wildman–Crippen MR) is 109 cm³/mol. The first-order chi connectivity index (χ1) is 13.7. The zero-order valence-corrected chi connectivity index (χ0v) is 16.3. The van der Waals surface area contributed by atoms with Crippen LogP contribution in [0.1, 0.15) is 43.4 Å². The first-order valence-electron chi connectivity index (χ1n) is 9.59. The quantitative estimate of drug-likeness (QED) is 0.625. The van der Waals surface area contributed by atoms with Gasteiger partial charge in [-0.15, -0.1) is 0 Å². The summed E-state index contributed by atoms with van der Waals surface area (Å²) in [4.78, 5) is 20.9. The second-order valence-electron chi connectivity index (χ2n) is 6.68. The van der Waals surface area contributed by atoms with Crippen molar-refractivity contribution in [3.05, 3.63) is 72.1 Å². The summed E-state index contributed by atoms with van der Waals surface area (Å²) >= 11 is 0. The number of pyridine rings is 1. The number of aromatic nitrogens is 4. The maximum atomic E-state index is 12.3. The van der Waals surface area contributed by atoms with E-state index in [0.29, 0.717) is 0 Å². The Labute approximate surface area is 165 Å². The van der Waals surface area contributed by atoms with Gasteiger partial charge in [0.2, 0.25) is 0 Å². The Balaban J connectivity index is 1.50. The van der Waals surface area contributed by atoms with E-state index in [-0.39, 0.29) is 12.1 Å². The molecule has 2 N–H and O–H groups in total. The lowest BCUT2D eigenvalue weighted by Crippen LogP contribution is -2.32. The fourth-order valence-corrected chi connectivity index (χ4v) is 2.99. The van der Waals surface area contributed by atoms with Crippen molar-refractivity contribution in [2.24, 2.45) is 0 Å². The first-order valence-corrected chi connectivity index (χ1v) is 9.59. The van der Waals surface area contributed by atoms with Gasteiger partial charge in [0.1, 0.15) is 12.2 Å². The molecule has 1 atom stereocenters. The van der Waals surface area contributed by atoms with Gasteiger partial charge in [0.05, 0.1) is 6.04 Å². The fourth-order valence-electron chi connectivity index (χ4n) is 2.99. The number of nitrogens with one attached hydrogen (secondary N) is 2. The molecule has 0 radical (unpaired) electrons. The lowest BCUT2D eigenvalue weighted by atomic mass is 10.1. The molecule has 1 aromatic carbocycles. The Kier molecular flexibility index (Phi) is 6.73. The molecule has 3 rings (SSSR count). The molecule has 7 nitrogen and oxygen atoms in total. The minimum atomic E-state index is -0.264. The third-order valence-electron chi connectivity index (χ3n) is 4.42. The zero-order chi connectivity index (χ0) is 19.8. The molecule has 0 bridgehead atoms. The second-order valence-corrected chi connectivity index (χ2v) is 6.68. The van der Waals surface area contributed by atoms with Crippen LogP contribution in [0.25, 0.3) is 0 Å². The van der Waals surface area contributed by atoms with Crippen molar-refractivity contribution in [1.82, 2.24) is 25.1 Å². The van der Waals surface area contributed by atoms with Crippen molar-refractivity contribution in [1.29, 1.82) is 0 Å². The van der Waals surface area contributed by atoms with E-state index >= 15 is 0 Å². The smallest absolute Gasteiger partial charge is 0.319 e. The van der Waals surface area contributed by atoms with E-state index in [1.54, 1.807) is 0 Å². The highest BCUT2D eigenvalue weighted by Gasteiger charge is 2.15. The standard InChI is InChI=1S/C21H26N6O/c1-3-14-27-20(23-15-24-27)16(2)25-21(28)26-19-11-8-17(9-12-19)7-10-18-6-4-5-13-22-18/h4-6,8-9,11-13,15-16H,3,7,10,14H2,1-2H3,(H2,25,26,28). The van der Waals surface area contributed by atoms with Gasteiger partial charge in [0.15, 0.2) is 0 Å². The van der Waals surface area contributed by atoms with Crippen molar-refractivity contribution >= 4 is 11.7 Å². The number of urea groups is 1.